The molecule has 0 spiro atoms. The number of carboxylic acids is 1. The van der Waals surface area contributed by atoms with Gasteiger partial charge in [0.2, 0.25) is 0 Å². The first-order valence-electron chi connectivity index (χ1n) is 6.39. The molecule has 1 heterocycles. The van der Waals surface area contributed by atoms with Gasteiger partial charge in [-0.25, -0.2) is 0 Å². The lowest BCUT2D eigenvalue weighted by Crippen LogP contribution is -2.00. The molecule has 2 rings (SSSR count). The molecule has 1 N–H and O–H groups in total. The van der Waals surface area contributed by atoms with Crippen molar-refractivity contribution in [3.05, 3.63) is 47.8 Å². The Morgan fingerprint density at radius 1 is 1.21 bits per heavy atom. The van der Waals surface area contributed by atoms with Crippen molar-refractivity contribution in [2.24, 2.45) is 0 Å². The van der Waals surface area contributed by atoms with Gasteiger partial charge in [-0.3, -0.25) is 9.48 Å². The maximum Gasteiger partial charge on any atom is 0.309 e. The monoisotopic (exact) mass is 259 g/mol. The topological polar surface area (TPSA) is 68.0 Å². The van der Waals surface area contributed by atoms with E-state index >= 15 is 0 Å². The summed E-state index contributed by atoms with van der Waals surface area (Å²) < 4.78 is 1.71. The highest BCUT2D eigenvalue weighted by Gasteiger charge is 2.05. The SMILES string of the molecule is O=C(O)Cc1cn(CCCCc2ccccc2)nn1. The van der Waals surface area contributed by atoms with Gasteiger partial charge in [0.15, 0.2) is 0 Å². The number of carboxylic acid groups (broad SMARTS) is 1. The van der Waals surface area contributed by atoms with Crippen LogP contribution in [0.5, 0.6) is 0 Å². The van der Waals surface area contributed by atoms with Crippen LogP contribution in [0, 0.1) is 0 Å². The zero-order valence-corrected chi connectivity index (χ0v) is 10.7. The molecule has 0 fully saturated rings. The Labute approximate surface area is 111 Å². The van der Waals surface area contributed by atoms with Crippen LogP contribution in [0.25, 0.3) is 0 Å². The van der Waals surface area contributed by atoms with Crippen LogP contribution in [0.15, 0.2) is 36.5 Å². The van der Waals surface area contributed by atoms with Crippen molar-refractivity contribution in [2.75, 3.05) is 0 Å². The number of aromatic nitrogens is 3. The van der Waals surface area contributed by atoms with Crippen LogP contribution in [0.4, 0.5) is 0 Å². The minimum Gasteiger partial charge on any atom is -0.481 e. The molecule has 0 bridgehead atoms. The lowest BCUT2D eigenvalue weighted by atomic mass is 10.1. The summed E-state index contributed by atoms with van der Waals surface area (Å²) in [5, 5.41) is 16.4. The van der Waals surface area contributed by atoms with Crippen molar-refractivity contribution in [3.63, 3.8) is 0 Å². The van der Waals surface area contributed by atoms with E-state index in [1.54, 1.807) is 10.9 Å². The van der Waals surface area contributed by atoms with Crippen LogP contribution in [-0.4, -0.2) is 26.1 Å². The van der Waals surface area contributed by atoms with Crippen molar-refractivity contribution < 1.29 is 9.90 Å². The minimum atomic E-state index is -0.879. The van der Waals surface area contributed by atoms with E-state index in [0.29, 0.717) is 5.69 Å². The van der Waals surface area contributed by atoms with E-state index in [1.807, 2.05) is 18.2 Å². The van der Waals surface area contributed by atoms with Gasteiger partial charge >= 0.3 is 5.97 Å². The Bertz CT molecular complexity index is 522. The number of unbranched alkanes of at least 4 members (excludes halogenated alkanes) is 1. The highest BCUT2D eigenvalue weighted by molar-refractivity contribution is 5.69. The van der Waals surface area contributed by atoms with Gasteiger partial charge in [0, 0.05) is 12.7 Å². The third kappa shape index (κ3) is 4.54. The van der Waals surface area contributed by atoms with Crippen molar-refractivity contribution in [1.29, 1.82) is 0 Å². The van der Waals surface area contributed by atoms with Gasteiger partial charge in [0.05, 0.1) is 12.1 Å². The fourth-order valence-corrected chi connectivity index (χ4v) is 1.93. The molecular weight excluding hydrogens is 242 g/mol. The van der Waals surface area contributed by atoms with Crippen molar-refractivity contribution in [1.82, 2.24) is 15.0 Å². The molecule has 0 aliphatic heterocycles. The van der Waals surface area contributed by atoms with Gasteiger partial charge in [-0.1, -0.05) is 35.5 Å². The summed E-state index contributed by atoms with van der Waals surface area (Å²) in [6.45, 7) is 0.777. The largest absolute Gasteiger partial charge is 0.481 e. The third-order valence-corrected chi connectivity index (χ3v) is 2.86. The molecule has 0 aliphatic rings. The molecular formula is C14H17N3O2. The van der Waals surface area contributed by atoms with E-state index in [4.69, 9.17) is 5.11 Å². The number of aryl methyl sites for hydroxylation is 2. The number of benzene rings is 1. The van der Waals surface area contributed by atoms with Gasteiger partial charge in [-0.2, -0.15) is 0 Å². The second-order valence-corrected chi connectivity index (χ2v) is 4.49. The first-order valence-corrected chi connectivity index (χ1v) is 6.39. The maximum absolute atomic E-state index is 10.5. The average Bonchev–Trinajstić information content (AvgIpc) is 2.83. The molecule has 5 heteroatoms. The van der Waals surface area contributed by atoms with E-state index in [2.05, 4.69) is 22.4 Å². The number of carbonyl (C=O) groups is 1. The number of hydrogen-bond acceptors (Lipinski definition) is 3. The Hall–Kier alpha value is -2.17. The van der Waals surface area contributed by atoms with E-state index in [0.717, 1.165) is 25.8 Å². The van der Waals surface area contributed by atoms with Gasteiger partial charge in [0.25, 0.3) is 0 Å². The summed E-state index contributed by atoms with van der Waals surface area (Å²) in [6.07, 6.45) is 4.78. The number of nitrogens with zero attached hydrogens (tertiary/aromatic N) is 3. The zero-order valence-electron chi connectivity index (χ0n) is 10.7. The minimum absolute atomic E-state index is 0.0655. The summed E-state index contributed by atoms with van der Waals surface area (Å²) >= 11 is 0. The summed E-state index contributed by atoms with van der Waals surface area (Å²) in [5.74, 6) is -0.879. The van der Waals surface area contributed by atoms with Crippen LogP contribution in [0.1, 0.15) is 24.1 Å². The molecule has 0 aliphatic carbocycles. The van der Waals surface area contributed by atoms with Gasteiger partial charge in [0.1, 0.15) is 0 Å². The Morgan fingerprint density at radius 3 is 2.74 bits per heavy atom. The highest BCUT2D eigenvalue weighted by Crippen LogP contribution is 2.05. The molecule has 0 amide bonds. The molecule has 0 unspecified atom stereocenters. The smallest absolute Gasteiger partial charge is 0.309 e. The first kappa shape index (κ1) is 13.3. The summed E-state index contributed by atoms with van der Waals surface area (Å²) in [6, 6.07) is 10.4. The average molecular weight is 259 g/mol. The van der Waals surface area contributed by atoms with Crippen LogP contribution in [-0.2, 0) is 24.2 Å². The van der Waals surface area contributed by atoms with Gasteiger partial charge in [-0.05, 0) is 24.8 Å². The predicted octanol–water partition coefficient (Wildman–Crippen LogP) is 1.93. The van der Waals surface area contributed by atoms with E-state index < -0.39 is 5.97 Å². The number of hydrogen-bond donors (Lipinski definition) is 1. The van der Waals surface area contributed by atoms with Crippen molar-refractivity contribution >= 4 is 5.97 Å². The van der Waals surface area contributed by atoms with Gasteiger partial charge in [-0.15, -0.1) is 5.10 Å². The number of aliphatic carboxylic acids is 1. The summed E-state index contributed by atoms with van der Waals surface area (Å²) in [5.41, 5.74) is 1.85. The lowest BCUT2D eigenvalue weighted by molar-refractivity contribution is -0.136. The van der Waals surface area contributed by atoms with E-state index in [-0.39, 0.29) is 6.42 Å². The maximum atomic E-state index is 10.5. The molecule has 0 atom stereocenters. The fourth-order valence-electron chi connectivity index (χ4n) is 1.93. The predicted molar refractivity (Wildman–Crippen MR) is 70.7 cm³/mol. The van der Waals surface area contributed by atoms with Crippen LogP contribution in [0.2, 0.25) is 0 Å². The highest BCUT2D eigenvalue weighted by atomic mass is 16.4. The molecule has 5 nitrogen and oxygen atoms in total. The second-order valence-electron chi connectivity index (χ2n) is 4.49. The Balaban J connectivity index is 1.71. The molecule has 0 radical (unpaired) electrons. The molecule has 0 saturated heterocycles. The quantitative estimate of drug-likeness (QED) is 0.771. The van der Waals surface area contributed by atoms with Crippen molar-refractivity contribution in [2.45, 2.75) is 32.2 Å². The third-order valence-electron chi connectivity index (χ3n) is 2.86. The Kier molecular flexibility index (Phi) is 4.66. The lowest BCUT2D eigenvalue weighted by Gasteiger charge is -2.01. The van der Waals surface area contributed by atoms with E-state index in [9.17, 15) is 4.79 Å². The van der Waals surface area contributed by atoms with Crippen molar-refractivity contribution in [3.8, 4) is 0 Å². The normalized spacial score (nSPS) is 10.5. The van der Waals surface area contributed by atoms with Crippen LogP contribution >= 0.6 is 0 Å². The molecule has 1 aromatic carbocycles. The first-order chi connectivity index (χ1) is 9.24. The standard InChI is InChI=1S/C14H17N3O2/c18-14(19)10-13-11-17(16-15-13)9-5-4-8-12-6-2-1-3-7-12/h1-3,6-7,11H,4-5,8-10H2,(H,18,19). The summed E-state index contributed by atoms with van der Waals surface area (Å²) in [4.78, 5) is 10.5. The Morgan fingerprint density at radius 2 is 2.00 bits per heavy atom. The van der Waals surface area contributed by atoms with Crippen LogP contribution < -0.4 is 0 Å². The second kappa shape index (κ2) is 6.68. The molecule has 19 heavy (non-hydrogen) atoms. The molecule has 100 valence electrons. The fraction of sp³-hybridized carbons (Fsp3) is 0.357. The van der Waals surface area contributed by atoms with Crippen LogP contribution in [0.3, 0.4) is 0 Å². The molecule has 0 saturated carbocycles. The molecule has 2 aromatic rings. The van der Waals surface area contributed by atoms with E-state index in [1.165, 1.54) is 5.56 Å². The number of rotatable bonds is 7. The zero-order chi connectivity index (χ0) is 13.5. The molecule has 1 aromatic heterocycles. The van der Waals surface area contributed by atoms with Gasteiger partial charge < -0.3 is 5.11 Å². The summed E-state index contributed by atoms with van der Waals surface area (Å²) in [7, 11) is 0.